The van der Waals surface area contributed by atoms with Gasteiger partial charge in [-0.3, -0.25) is 4.79 Å². The molecule has 1 aromatic rings. The van der Waals surface area contributed by atoms with Gasteiger partial charge < -0.3 is 10.4 Å². The van der Waals surface area contributed by atoms with Crippen LogP contribution in [0, 0.1) is 17.8 Å². The van der Waals surface area contributed by atoms with Crippen LogP contribution in [0.4, 0.5) is 0 Å². The number of thioether (sulfide) groups is 1. The first-order valence-electron chi connectivity index (χ1n) is 7.31. The fourth-order valence-electron chi connectivity index (χ4n) is 2.33. The van der Waals surface area contributed by atoms with Gasteiger partial charge in [0.05, 0.1) is 0 Å². The van der Waals surface area contributed by atoms with Crippen molar-refractivity contribution in [3.63, 3.8) is 0 Å². The van der Waals surface area contributed by atoms with Gasteiger partial charge in [-0.2, -0.15) is 11.8 Å². The number of nitrogens with one attached hydrogen (secondary N) is 1. The van der Waals surface area contributed by atoms with Gasteiger partial charge in [0, 0.05) is 18.5 Å². The molecule has 0 aliphatic carbocycles. The lowest BCUT2D eigenvalue weighted by molar-refractivity contribution is -0.122. The van der Waals surface area contributed by atoms with Crippen LogP contribution in [0.2, 0.25) is 0 Å². The predicted octanol–water partition coefficient (Wildman–Crippen LogP) is 2.18. The van der Waals surface area contributed by atoms with Crippen molar-refractivity contribution < 1.29 is 9.90 Å². The second-order valence-electron chi connectivity index (χ2n) is 5.19. The van der Waals surface area contributed by atoms with Crippen LogP contribution in [-0.2, 0) is 11.3 Å². The van der Waals surface area contributed by atoms with Crippen molar-refractivity contribution in [1.29, 1.82) is 0 Å². The lowest BCUT2D eigenvalue weighted by Gasteiger charge is -2.20. The molecule has 4 heteroatoms. The largest absolute Gasteiger partial charge is 0.384 e. The van der Waals surface area contributed by atoms with Gasteiger partial charge in [-0.1, -0.05) is 24.0 Å². The van der Waals surface area contributed by atoms with Gasteiger partial charge in [-0.05, 0) is 48.0 Å². The smallest absolute Gasteiger partial charge is 0.220 e. The Hall–Kier alpha value is -1.44. The van der Waals surface area contributed by atoms with Crippen LogP contribution in [0.15, 0.2) is 24.3 Å². The molecule has 0 saturated carbocycles. The molecule has 1 aromatic carbocycles. The van der Waals surface area contributed by atoms with Crippen LogP contribution < -0.4 is 5.32 Å². The standard InChI is InChI=1S/C17H21NO2S/c19-9-1-2-14-3-5-16(6-4-14)13-18-17(20)12-15-7-10-21-11-8-15/h3-6,15,19H,7-13H2,(H,18,20). The third-order valence-corrected chi connectivity index (χ3v) is 4.62. The number of hydrogen-bond acceptors (Lipinski definition) is 3. The lowest BCUT2D eigenvalue weighted by Crippen LogP contribution is -2.26. The normalized spacial score (nSPS) is 15.1. The van der Waals surface area contributed by atoms with Crippen molar-refractivity contribution in [3.8, 4) is 11.8 Å². The van der Waals surface area contributed by atoms with Crippen LogP contribution in [0.3, 0.4) is 0 Å². The quantitative estimate of drug-likeness (QED) is 0.838. The van der Waals surface area contributed by atoms with Crippen LogP contribution in [-0.4, -0.2) is 29.1 Å². The molecular formula is C17H21NO2S. The summed E-state index contributed by atoms with van der Waals surface area (Å²) in [5.74, 6) is 8.55. The molecule has 0 spiro atoms. The van der Waals surface area contributed by atoms with Crippen LogP contribution in [0.25, 0.3) is 0 Å². The Morgan fingerprint density at radius 2 is 2.00 bits per heavy atom. The minimum absolute atomic E-state index is 0.127. The van der Waals surface area contributed by atoms with Gasteiger partial charge in [0.2, 0.25) is 5.91 Å². The molecular weight excluding hydrogens is 282 g/mol. The van der Waals surface area contributed by atoms with Gasteiger partial charge in [-0.15, -0.1) is 0 Å². The molecule has 1 heterocycles. The highest BCUT2D eigenvalue weighted by atomic mass is 32.2. The van der Waals surface area contributed by atoms with E-state index >= 15 is 0 Å². The zero-order chi connectivity index (χ0) is 14.9. The number of carbonyl (C=O) groups excluding carboxylic acids is 1. The molecule has 2 N–H and O–H groups in total. The Labute approximate surface area is 130 Å². The number of benzene rings is 1. The van der Waals surface area contributed by atoms with Gasteiger partial charge in [-0.25, -0.2) is 0 Å². The second-order valence-corrected chi connectivity index (χ2v) is 6.42. The van der Waals surface area contributed by atoms with E-state index in [0.717, 1.165) is 24.0 Å². The summed E-state index contributed by atoms with van der Waals surface area (Å²) in [5.41, 5.74) is 1.94. The second kappa shape index (κ2) is 8.76. The van der Waals surface area contributed by atoms with E-state index in [0.29, 0.717) is 18.9 Å². The molecule has 0 aromatic heterocycles. The number of amides is 1. The van der Waals surface area contributed by atoms with Crippen molar-refractivity contribution >= 4 is 17.7 Å². The number of aliphatic hydroxyl groups excluding tert-OH is 1. The summed E-state index contributed by atoms with van der Waals surface area (Å²) in [6.45, 7) is 0.436. The third kappa shape index (κ3) is 5.82. The Bertz CT molecular complexity index is 510. The van der Waals surface area contributed by atoms with Gasteiger partial charge in [0.1, 0.15) is 6.61 Å². The van der Waals surface area contributed by atoms with E-state index < -0.39 is 0 Å². The molecule has 1 aliphatic rings. The zero-order valence-electron chi connectivity index (χ0n) is 12.1. The Morgan fingerprint density at radius 1 is 1.29 bits per heavy atom. The molecule has 0 atom stereocenters. The summed E-state index contributed by atoms with van der Waals surface area (Å²) in [7, 11) is 0. The third-order valence-electron chi connectivity index (χ3n) is 3.57. The maximum Gasteiger partial charge on any atom is 0.220 e. The zero-order valence-corrected chi connectivity index (χ0v) is 12.9. The number of carbonyl (C=O) groups is 1. The fraction of sp³-hybridized carbons (Fsp3) is 0.471. The van der Waals surface area contributed by atoms with E-state index in [9.17, 15) is 4.79 Å². The molecule has 1 saturated heterocycles. The Balaban J connectivity index is 1.75. The minimum Gasteiger partial charge on any atom is -0.384 e. The summed E-state index contributed by atoms with van der Waals surface area (Å²) in [5, 5.41) is 11.6. The molecule has 112 valence electrons. The van der Waals surface area contributed by atoms with E-state index in [1.807, 2.05) is 36.0 Å². The van der Waals surface area contributed by atoms with E-state index in [-0.39, 0.29) is 12.5 Å². The average molecular weight is 303 g/mol. The molecule has 0 unspecified atom stereocenters. The van der Waals surface area contributed by atoms with E-state index in [4.69, 9.17) is 5.11 Å². The first-order chi connectivity index (χ1) is 10.3. The molecule has 2 rings (SSSR count). The van der Waals surface area contributed by atoms with E-state index in [1.165, 1.54) is 11.5 Å². The molecule has 1 aliphatic heterocycles. The van der Waals surface area contributed by atoms with Crippen molar-refractivity contribution in [1.82, 2.24) is 5.32 Å². The van der Waals surface area contributed by atoms with Crippen molar-refractivity contribution in [2.45, 2.75) is 25.8 Å². The fourth-order valence-corrected chi connectivity index (χ4v) is 3.54. The van der Waals surface area contributed by atoms with E-state index in [2.05, 4.69) is 17.2 Å². The van der Waals surface area contributed by atoms with Gasteiger partial charge in [0.15, 0.2) is 0 Å². The molecule has 21 heavy (non-hydrogen) atoms. The summed E-state index contributed by atoms with van der Waals surface area (Å²) in [6, 6.07) is 7.73. The highest BCUT2D eigenvalue weighted by molar-refractivity contribution is 7.99. The van der Waals surface area contributed by atoms with Crippen LogP contribution >= 0.6 is 11.8 Å². The summed E-state index contributed by atoms with van der Waals surface area (Å²) in [6.07, 6.45) is 2.98. The molecule has 1 fully saturated rings. The maximum absolute atomic E-state index is 11.9. The number of rotatable bonds is 4. The van der Waals surface area contributed by atoms with Crippen LogP contribution in [0.1, 0.15) is 30.4 Å². The van der Waals surface area contributed by atoms with Crippen molar-refractivity contribution in [2.75, 3.05) is 18.1 Å². The average Bonchev–Trinajstić information content (AvgIpc) is 2.53. The Kier molecular flexibility index (Phi) is 6.65. The lowest BCUT2D eigenvalue weighted by atomic mass is 9.98. The monoisotopic (exact) mass is 303 g/mol. The van der Waals surface area contributed by atoms with Crippen LogP contribution in [0.5, 0.6) is 0 Å². The van der Waals surface area contributed by atoms with Crippen molar-refractivity contribution in [2.24, 2.45) is 5.92 Å². The first kappa shape index (κ1) is 15.9. The highest BCUT2D eigenvalue weighted by Gasteiger charge is 2.16. The highest BCUT2D eigenvalue weighted by Crippen LogP contribution is 2.25. The first-order valence-corrected chi connectivity index (χ1v) is 8.46. The SMILES string of the molecule is O=C(CC1CCSCC1)NCc1ccc(C#CCO)cc1. The summed E-state index contributed by atoms with van der Waals surface area (Å²) < 4.78 is 0. The Morgan fingerprint density at radius 3 is 2.67 bits per heavy atom. The van der Waals surface area contributed by atoms with Crippen molar-refractivity contribution in [3.05, 3.63) is 35.4 Å². The van der Waals surface area contributed by atoms with Gasteiger partial charge in [0.25, 0.3) is 0 Å². The molecule has 3 nitrogen and oxygen atoms in total. The molecule has 1 amide bonds. The number of aliphatic hydroxyl groups is 1. The predicted molar refractivity (Wildman–Crippen MR) is 86.9 cm³/mol. The van der Waals surface area contributed by atoms with E-state index in [1.54, 1.807) is 0 Å². The molecule has 0 radical (unpaired) electrons. The number of hydrogen-bond donors (Lipinski definition) is 2. The molecule has 0 bridgehead atoms. The topological polar surface area (TPSA) is 49.3 Å². The summed E-state index contributed by atoms with van der Waals surface area (Å²) in [4.78, 5) is 11.9. The minimum atomic E-state index is -0.127. The van der Waals surface area contributed by atoms with Gasteiger partial charge >= 0.3 is 0 Å². The summed E-state index contributed by atoms with van der Waals surface area (Å²) >= 11 is 1.98. The maximum atomic E-state index is 11.9.